The summed E-state index contributed by atoms with van der Waals surface area (Å²) in [5.41, 5.74) is 3.13. The van der Waals surface area contributed by atoms with Crippen molar-refractivity contribution in [2.45, 2.75) is 0 Å². The molecule has 0 aliphatic carbocycles. The van der Waals surface area contributed by atoms with Gasteiger partial charge in [-0.3, -0.25) is 9.78 Å². The van der Waals surface area contributed by atoms with Crippen LogP contribution < -0.4 is 11.0 Å². The molecule has 3 N–H and O–H groups in total. The number of phenols is 1. The second-order valence-corrected chi connectivity index (χ2v) is 6.54. The van der Waals surface area contributed by atoms with Crippen LogP contribution in [0, 0.1) is 11.3 Å². The summed E-state index contributed by atoms with van der Waals surface area (Å²) in [6.07, 6.45) is 1.33. The molecule has 1 aromatic heterocycles. The molecule has 0 aliphatic rings. The molecule has 0 saturated carbocycles. The summed E-state index contributed by atoms with van der Waals surface area (Å²) in [6, 6.07) is 13.9. The Hall–Kier alpha value is -3.15. The van der Waals surface area contributed by atoms with Crippen LogP contribution >= 0.6 is 27.5 Å². The number of H-pyrrole nitrogens is 1. The monoisotopic (exact) mass is 443 g/mol. The molecule has 3 rings (SSSR count). The Balaban J connectivity index is 1.95. The standard InChI is InChI=1S/C18H11BrClN5O2/c19-13-6-7-14(20)16(26)12(13)9-22-25-18-23-15(10-4-2-1-3-5-10)11(8-21)17(27)24-18/h1-7,9,26H,(H2,23,24,25,27). The molecule has 0 amide bonds. The van der Waals surface area contributed by atoms with Gasteiger partial charge in [0.2, 0.25) is 5.95 Å². The fraction of sp³-hybridized carbons (Fsp3) is 0. The van der Waals surface area contributed by atoms with Crippen LogP contribution in [0.5, 0.6) is 5.75 Å². The third kappa shape index (κ3) is 4.00. The minimum atomic E-state index is -0.587. The van der Waals surface area contributed by atoms with E-state index in [0.717, 1.165) is 0 Å². The number of nitrogens with one attached hydrogen (secondary N) is 2. The van der Waals surface area contributed by atoms with Gasteiger partial charge in [-0.05, 0) is 28.1 Å². The highest BCUT2D eigenvalue weighted by Crippen LogP contribution is 2.31. The van der Waals surface area contributed by atoms with Crippen LogP contribution in [0.1, 0.15) is 11.1 Å². The third-order valence-electron chi connectivity index (χ3n) is 3.56. The van der Waals surface area contributed by atoms with Crippen molar-refractivity contribution in [3.05, 3.63) is 73.4 Å². The van der Waals surface area contributed by atoms with Crippen LogP contribution in [-0.4, -0.2) is 21.3 Å². The summed E-state index contributed by atoms with van der Waals surface area (Å²) < 4.78 is 0.584. The highest BCUT2D eigenvalue weighted by Gasteiger charge is 2.13. The Kier molecular flexibility index (Phi) is 5.54. The molecule has 0 fully saturated rings. The molecule has 1 heterocycles. The second kappa shape index (κ2) is 8.03. The molecule has 0 bridgehead atoms. The molecule has 0 radical (unpaired) electrons. The number of nitriles is 1. The lowest BCUT2D eigenvalue weighted by Gasteiger charge is -2.06. The van der Waals surface area contributed by atoms with E-state index in [0.29, 0.717) is 15.6 Å². The van der Waals surface area contributed by atoms with Gasteiger partial charge in [0.1, 0.15) is 17.4 Å². The van der Waals surface area contributed by atoms with E-state index in [2.05, 4.69) is 36.4 Å². The van der Waals surface area contributed by atoms with Crippen LogP contribution in [0.4, 0.5) is 5.95 Å². The Bertz CT molecular complexity index is 1120. The summed E-state index contributed by atoms with van der Waals surface area (Å²) in [6.45, 7) is 0. The van der Waals surface area contributed by atoms with E-state index >= 15 is 0 Å². The third-order valence-corrected chi connectivity index (χ3v) is 4.55. The zero-order valence-electron chi connectivity index (χ0n) is 13.6. The average Bonchev–Trinajstić information content (AvgIpc) is 2.68. The van der Waals surface area contributed by atoms with Gasteiger partial charge in [-0.1, -0.05) is 41.9 Å². The molecule has 9 heteroatoms. The SMILES string of the molecule is N#Cc1c(-c2ccccc2)nc(NN=Cc2c(Br)ccc(Cl)c2O)[nH]c1=O. The molecule has 0 unspecified atom stereocenters. The lowest BCUT2D eigenvalue weighted by molar-refractivity contribution is 0.474. The van der Waals surface area contributed by atoms with Gasteiger partial charge in [-0.2, -0.15) is 10.4 Å². The van der Waals surface area contributed by atoms with E-state index in [4.69, 9.17) is 11.6 Å². The van der Waals surface area contributed by atoms with Gasteiger partial charge in [0.25, 0.3) is 5.56 Å². The fourth-order valence-electron chi connectivity index (χ4n) is 2.27. The Morgan fingerprint density at radius 3 is 2.74 bits per heavy atom. The molecular formula is C18H11BrClN5O2. The van der Waals surface area contributed by atoms with Gasteiger partial charge in [-0.25, -0.2) is 10.4 Å². The van der Waals surface area contributed by atoms with Gasteiger partial charge < -0.3 is 5.11 Å². The topological polar surface area (TPSA) is 114 Å². The minimum absolute atomic E-state index is 0.0479. The van der Waals surface area contributed by atoms with Crippen molar-refractivity contribution in [3.63, 3.8) is 0 Å². The van der Waals surface area contributed by atoms with Gasteiger partial charge in [-0.15, -0.1) is 0 Å². The van der Waals surface area contributed by atoms with Crippen molar-refractivity contribution in [1.82, 2.24) is 9.97 Å². The molecule has 7 nitrogen and oxygen atoms in total. The summed E-state index contributed by atoms with van der Waals surface area (Å²) in [5.74, 6) is -0.0883. The van der Waals surface area contributed by atoms with E-state index in [1.807, 2.05) is 12.1 Å². The van der Waals surface area contributed by atoms with Crippen LogP contribution in [-0.2, 0) is 0 Å². The number of hydrogen-bond acceptors (Lipinski definition) is 6. The first-order valence-electron chi connectivity index (χ1n) is 7.57. The summed E-state index contributed by atoms with van der Waals surface area (Å²) in [7, 11) is 0. The Morgan fingerprint density at radius 2 is 2.04 bits per heavy atom. The number of anilines is 1. The Labute approximate surface area is 167 Å². The van der Waals surface area contributed by atoms with Gasteiger partial charge in [0.15, 0.2) is 0 Å². The van der Waals surface area contributed by atoms with E-state index < -0.39 is 5.56 Å². The molecule has 2 aromatic carbocycles. The lowest BCUT2D eigenvalue weighted by atomic mass is 10.1. The van der Waals surface area contributed by atoms with E-state index in [1.54, 1.807) is 30.3 Å². The number of hydrazone groups is 1. The van der Waals surface area contributed by atoms with Gasteiger partial charge >= 0.3 is 0 Å². The van der Waals surface area contributed by atoms with Crippen molar-refractivity contribution >= 4 is 39.7 Å². The largest absolute Gasteiger partial charge is 0.506 e. The van der Waals surface area contributed by atoms with Crippen LogP contribution in [0.3, 0.4) is 0 Å². The summed E-state index contributed by atoms with van der Waals surface area (Å²) in [5, 5.41) is 23.4. The maximum Gasteiger partial charge on any atom is 0.270 e. The number of aromatic amines is 1. The van der Waals surface area contributed by atoms with E-state index in [-0.39, 0.29) is 28.0 Å². The maximum atomic E-state index is 12.2. The first-order valence-corrected chi connectivity index (χ1v) is 8.74. The average molecular weight is 445 g/mol. The minimum Gasteiger partial charge on any atom is -0.506 e. The van der Waals surface area contributed by atoms with Gasteiger partial charge in [0, 0.05) is 10.0 Å². The van der Waals surface area contributed by atoms with Crippen LogP contribution in [0.25, 0.3) is 11.3 Å². The number of halogens is 2. The second-order valence-electron chi connectivity index (χ2n) is 5.28. The predicted molar refractivity (Wildman–Crippen MR) is 107 cm³/mol. The number of hydrogen-bond donors (Lipinski definition) is 3. The quantitative estimate of drug-likeness (QED) is 0.417. The van der Waals surface area contributed by atoms with Crippen LogP contribution in [0.15, 0.2) is 56.8 Å². The number of phenolic OH excluding ortho intramolecular Hbond substituents is 1. The molecule has 3 aromatic rings. The molecule has 27 heavy (non-hydrogen) atoms. The number of rotatable bonds is 4. The molecule has 0 atom stereocenters. The number of aromatic hydroxyl groups is 1. The van der Waals surface area contributed by atoms with Crippen molar-refractivity contribution in [2.75, 3.05) is 5.43 Å². The highest BCUT2D eigenvalue weighted by atomic mass is 79.9. The lowest BCUT2D eigenvalue weighted by Crippen LogP contribution is -2.16. The van der Waals surface area contributed by atoms with Crippen molar-refractivity contribution in [3.8, 4) is 23.1 Å². The van der Waals surface area contributed by atoms with Gasteiger partial charge in [0.05, 0.1) is 22.5 Å². The van der Waals surface area contributed by atoms with Crippen molar-refractivity contribution in [1.29, 1.82) is 5.26 Å². The van der Waals surface area contributed by atoms with E-state index in [9.17, 15) is 15.2 Å². The zero-order chi connectivity index (χ0) is 19.4. The number of aromatic nitrogens is 2. The Morgan fingerprint density at radius 1 is 1.30 bits per heavy atom. The first kappa shape index (κ1) is 18.6. The highest BCUT2D eigenvalue weighted by molar-refractivity contribution is 9.10. The molecule has 0 spiro atoms. The molecule has 134 valence electrons. The van der Waals surface area contributed by atoms with E-state index in [1.165, 1.54) is 12.3 Å². The van der Waals surface area contributed by atoms with Crippen LogP contribution in [0.2, 0.25) is 5.02 Å². The normalized spacial score (nSPS) is 10.7. The zero-order valence-corrected chi connectivity index (χ0v) is 15.9. The number of nitrogens with zero attached hydrogens (tertiary/aromatic N) is 3. The summed E-state index contributed by atoms with van der Waals surface area (Å²) in [4.78, 5) is 18.9. The molecule has 0 aliphatic heterocycles. The predicted octanol–water partition coefficient (Wildman–Crippen LogP) is 3.88. The first-order chi connectivity index (χ1) is 13.0. The maximum absolute atomic E-state index is 12.2. The molecule has 0 saturated heterocycles. The van der Waals surface area contributed by atoms with Crippen molar-refractivity contribution in [2.24, 2.45) is 5.10 Å². The van der Waals surface area contributed by atoms with Crippen molar-refractivity contribution < 1.29 is 5.11 Å². The summed E-state index contributed by atoms with van der Waals surface area (Å²) >= 11 is 9.17. The fourth-order valence-corrected chi connectivity index (χ4v) is 2.86. The number of benzene rings is 2. The smallest absolute Gasteiger partial charge is 0.270 e. The molecular weight excluding hydrogens is 434 g/mol.